The Balaban J connectivity index is 2.76. The zero-order valence-electron chi connectivity index (χ0n) is 5.90. The number of rotatable bonds is 1. The van der Waals surface area contributed by atoms with Gasteiger partial charge in [-0.3, -0.25) is 4.79 Å². The van der Waals surface area contributed by atoms with Crippen LogP contribution in [0.5, 0.6) is 0 Å². The van der Waals surface area contributed by atoms with Gasteiger partial charge < -0.3 is 15.3 Å². The first-order valence-corrected chi connectivity index (χ1v) is 3.39. The van der Waals surface area contributed by atoms with Gasteiger partial charge in [-0.2, -0.15) is 0 Å². The van der Waals surface area contributed by atoms with Crippen molar-refractivity contribution in [3.05, 3.63) is 11.8 Å². The van der Waals surface area contributed by atoms with E-state index in [2.05, 4.69) is 0 Å². The van der Waals surface area contributed by atoms with E-state index in [4.69, 9.17) is 15.3 Å². The predicted octanol–water partition coefficient (Wildman–Crippen LogP) is -0.629. The van der Waals surface area contributed by atoms with E-state index in [-0.39, 0.29) is 6.61 Å². The lowest BCUT2D eigenvalue weighted by molar-refractivity contribution is -0.130. The Kier molecular flexibility index (Phi) is 2.26. The Morgan fingerprint density at radius 2 is 2.27 bits per heavy atom. The summed E-state index contributed by atoms with van der Waals surface area (Å²) >= 11 is 0. The van der Waals surface area contributed by atoms with Gasteiger partial charge in [-0.1, -0.05) is 0 Å². The molecule has 0 spiro atoms. The minimum Gasteiger partial charge on any atom is -0.505 e. The third-order valence-electron chi connectivity index (χ3n) is 1.82. The molecule has 0 radical (unpaired) electrons. The second kappa shape index (κ2) is 3.02. The fourth-order valence-electron chi connectivity index (χ4n) is 1.03. The van der Waals surface area contributed by atoms with Gasteiger partial charge in [0.2, 0.25) is 5.78 Å². The fraction of sp³-hybridized carbons (Fsp3) is 0.571. The van der Waals surface area contributed by atoms with E-state index in [1.165, 1.54) is 6.08 Å². The van der Waals surface area contributed by atoms with Crippen LogP contribution in [0.2, 0.25) is 0 Å². The molecular weight excluding hydrogens is 148 g/mol. The molecule has 0 aromatic rings. The molecule has 0 bridgehead atoms. The van der Waals surface area contributed by atoms with Gasteiger partial charge in [0, 0.05) is 12.5 Å². The quantitative estimate of drug-likeness (QED) is 0.475. The highest BCUT2D eigenvalue weighted by molar-refractivity contribution is 5.97. The van der Waals surface area contributed by atoms with Gasteiger partial charge in [0.25, 0.3) is 0 Å². The number of hydrogen-bond acceptors (Lipinski definition) is 4. The smallest absolute Gasteiger partial charge is 0.225 e. The van der Waals surface area contributed by atoms with Crippen molar-refractivity contribution in [2.45, 2.75) is 12.5 Å². The molecule has 1 aliphatic rings. The number of hydrogen-bond donors (Lipinski definition) is 3. The van der Waals surface area contributed by atoms with Gasteiger partial charge in [0.15, 0.2) is 5.76 Å². The Labute approximate surface area is 63.8 Å². The number of carbonyl (C=O) groups is 1. The second-order valence-electron chi connectivity index (χ2n) is 2.58. The molecule has 0 amide bonds. The third-order valence-corrected chi connectivity index (χ3v) is 1.82. The number of allylic oxidation sites excluding steroid dienone is 1. The number of carbonyl (C=O) groups excluding carboxylic acids is 1. The molecule has 4 nitrogen and oxygen atoms in total. The molecule has 4 heteroatoms. The maximum atomic E-state index is 10.8. The normalized spacial score (nSPS) is 31.8. The summed E-state index contributed by atoms with van der Waals surface area (Å²) in [7, 11) is 0. The van der Waals surface area contributed by atoms with E-state index in [9.17, 15) is 4.79 Å². The topological polar surface area (TPSA) is 77.8 Å². The van der Waals surface area contributed by atoms with Crippen LogP contribution in [-0.2, 0) is 4.79 Å². The van der Waals surface area contributed by atoms with Crippen LogP contribution in [0, 0.1) is 5.92 Å². The lowest BCUT2D eigenvalue weighted by Gasteiger charge is -2.21. The van der Waals surface area contributed by atoms with Crippen LogP contribution in [0.1, 0.15) is 6.42 Å². The molecule has 3 N–H and O–H groups in total. The zero-order chi connectivity index (χ0) is 8.43. The molecular formula is C7H10O4. The zero-order valence-corrected chi connectivity index (χ0v) is 5.90. The van der Waals surface area contributed by atoms with Gasteiger partial charge >= 0.3 is 0 Å². The number of aliphatic hydroxyl groups excluding tert-OH is 3. The first-order valence-electron chi connectivity index (χ1n) is 3.39. The molecule has 1 rings (SSSR count). The van der Waals surface area contributed by atoms with E-state index >= 15 is 0 Å². The highest BCUT2D eigenvalue weighted by Crippen LogP contribution is 2.19. The van der Waals surface area contributed by atoms with Crippen LogP contribution >= 0.6 is 0 Å². The van der Waals surface area contributed by atoms with E-state index < -0.39 is 23.6 Å². The van der Waals surface area contributed by atoms with Gasteiger partial charge in [0.05, 0.1) is 0 Å². The molecule has 11 heavy (non-hydrogen) atoms. The summed E-state index contributed by atoms with van der Waals surface area (Å²) in [4.78, 5) is 10.8. The summed E-state index contributed by atoms with van der Waals surface area (Å²) < 4.78 is 0. The van der Waals surface area contributed by atoms with Crippen LogP contribution in [0.15, 0.2) is 11.8 Å². The monoisotopic (exact) mass is 158 g/mol. The summed E-state index contributed by atoms with van der Waals surface area (Å²) in [5.41, 5.74) is 0. The van der Waals surface area contributed by atoms with Gasteiger partial charge in [-0.25, -0.2) is 0 Å². The van der Waals surface area contributed by atoms with Crippen LogP contribution in [0.25, 0.3) is 0 Å². The molecule has 62 valence electrons. The highest BCUT2D eigenvalue weighted by Gasteiger charge is 2.31. The van der Waals surface area contributed by atoms with E-state index in [1.54, 1.807) is 0 Å². The van der Waals surface area contributed by atoms with Crippen molar-refractivity contribution in [3.8, 4) is 0 Å². The second-order valence-corrected chi connectivity index (χ2v) is 2.58. The van der Waals surface area contributed by atoms with Gasteiger partial charge in [-0.05, 0) is 12.5 Å². The lowest BCUT2D eigenvalue weighted by atomic mass is 9.90. The molecule has 0 unspecified atom stereocenters. The SMILES string of the molecule is O=C1C(O)=CC[C@H](CO)[C@H]1O. The van der Waals surface area contributed by atoms with Crippen molar-refractivity contribution in [2.75, 3.05) is 6.61 Å². The maximum absolute atomic E-state index is 10.8. The van der Waals surface area contributed by atoms with Crippen molar-refractivity contribution in [1.29, 1.82) is 0 Å². The lowest BCUT2D eigenvalue weighted by Crippen LogP contribution is -2.35. The molecule has 0 aliphatic heterocycles. The number of ketones is 1. The molecule has 0 saturated heterocycles. The average molecular weight is 158 g/mol. The molecule has 0 aromatic carbocycles. The molecule has 1 aliphatic carbocycles. The van der Waals surface area contributed by atoms with E-state index in [0.717, 1.165) is 0 Å². The number of aliphatic hydroxyl groups is 3. The summed E-state index contributed by atoms with van der Waals surface area (Å²) in [6.07, 6.45) is 0.413. The van der Waals surface area contributed by atoms with Gasteiger partial charge in [-0.15, -0.1) is 0 Å². The summed E-state index contributed by atoms with van der Waals surface area (Å²) in [5, 5.41) is 26.6. The van der Waals surface area contributed by atoms with Crippen LogP contribution in [0.3, 0.4) is 0 Å². The van der Waals surface area contributed by atoms with E-state index in [0.29, 0.717) is 6.42 Å². The third kappa shape index (κ3) is 1.41. The minimum absolute atomic E-state index is 0.239. The Bertz CT molecular complexity index is 197. The Morgan fingerprint density at radius 3 is 2.82 bits per heavy atom. The minimum atomic E-state index is -1.25. The Hall–Kier alpha value is -0.870. The van der Waals surface area contributed by atoms with E-state index in [1.807, 2.05) is 0 Å². The summed E-state index contributed by atoms with van der Waals surface area (Å²) in [6, 6.07) is 0. The largest absolute Gasteiger partial charge is 0.505 e. The van der Waals surface area contributed by atoms with Crippen molar-refractivity contribution < 1.29 is 20.1 Å². The fourth-order valence-corrected chi connectivity index (χ4v) is 1.03. The molecule has 0 aromatic heterocycles. The van der Waals surface area contributed by atoms with Crippen molar-refractivity contribution in [3.63, 3.8) is 0 Å². The van der Waals surface area contributed by atoms with Crippen molar-refractivity contribution >= 4 is 5.78 Å². The first-order chi connectivity index (χ1) is 5.16. The maximum Gasteiger partial charge on any atom is 0.225 e. The standard InChI is InChI=1S/C7H10O4/c8-3-4-1-2-5(9)7(11)6(4)10/h2,4,6,8-10H,1,3H2/t4-,6-/m1/s1. The van der Waals surface area contributed by atoms with Crippen LogP contribution < -0.4 is 0 Å². The van der Waals surface area contributed by atoms with Gasteiger partial charge in [0.1, 0.15) is 6.10 Å². The average Bonchev–Trinajstić information content (AvgIpc) is 2.01. The number of Topliss-reactive ketones (excluding diaryl/α,β-unsaturated/α-hetero) is 1. The van der Waals surface area contributed by atoms with Crippen molar-refractivity contribution in [1.82, 2.24) is 0 Å². The van der Waals surface area contributed by atoms with Crippen LogP contribution in [0.4, 0.5) is 0 Å². The van der Waals surface area contributed by atoms with Crippen LogP contribution in [-0.4, -0.2) is 33.8 Å². The molecule has 0 saturated carbocycles. The predicted molar refractivity (Wildman–Crippen MR) is 36.9 cm³/mol. The molecule has 0 fully saturated rings. The molecule has 0 heterocycles. The highest BCUT2D eigenvalue weighted by atomic mass is 16.3. The first kappa shape index (κ1) is 8.23. The molecule has 2 atom stereocenters. The summed E-state index contributed by atoms with van der Waals surface area (Å²) in [5.74, 6) is -1.56. The van der Waals surface area contributed by atoms with Crippen molar-refractivity contribution in [2.24, 2.45) is 5.92 Å². The Morgan fingerprint density at radius 1 is 1.64 bits per heavy atom. The summed E-state index contributed by atoms with van der Waals surface area (Å²) in [6.45, 7) is -0.239.